The molecule has 0 bridgehead atoms. The smallest absolute Gasteiger partial charge is 0.0802 e. The highest BCUT2D eigenvalue weighted by molar-refractivity contribution is 5.21. The monoisotopic (exact) mass is 245 g/mol. The lowest BCUT2D eigenvalue weighted by Gasteiger charge is -2.15. The molecule has 2 aromatic rings. The molecule has 18 heavy (non-hydrogen) atoms. The third-order valence-electron chi connectivity index (χ3n) is 2.79. The molecule has 0 radical (unpaired) electrons. The lowest BCUT2D eigenvalue weighted by Crippen LogP contribution is -2.23. The molecule has 0 aliphatic heterocycles. The average Bonchev–Trinajstić information content (AvgIpc) is 2.89. The largest absolute Gasteiger partial charge is 0.305 e. The van der Waals surface area contributed by atoms with Crippen LogP contribution in [0.2, 0.25) is 0 Å². The molecule has 1 atom stereocenters. The number of hydrogen-bond donors (Lipinski definition) is 1. The van der Waals surface area contributed by atoms with Gasteiger partial charge in [0, 0.05) is 30.7 Å². The molecule has 0 saturated heterocycles. The van der Waals surface area contributed by atoms with Gasteiger partial charge >= 0.3 is 0 Å². The highest BCUT2D eigenvalue weighted by Crippen LogP contribution is 2.18. The van der Waals surface area contributed by atoms with Gasteiger partial charge in [-0.2, -0.15) is 5.10 Å². The molecule has 96 valence electrons. The van der Waals surface area contributed by atoms with Gasteiger partial charge in [-0.15, -0.1) is 0 Å². The lowest BCUT2D eigenvalue weighted by atomic mass is 10.1. The van der Waals surface area contributed by atoms with Gasteiger partial charge in [0.25, 0.3) is 0 Å². The van der Waals surface area contributed by atoms with Crippen molar-refractivity contribution in [2.75, 3.05) is 6.54 Å². The minimum Gasteiger partial charge on any atom is -0.305 e. The Hall–Kier alpha value is -1.75. The van der Waals surface area contributed by atoms with E-state index < -0.39 is 0 Å². The van der Waals surface area contributed by atoms with Crippen molar-refractivity contribution in [1.29, 1.82) is 0 Å². The van der Waals surface area contributed by atoms with E-state index in [-0.39, 0.29) is 6.04 Å². The first-order chi connectivity index (χ1) is 8.85. The molecular weight excluding hydrogens is 226 g/mol. The molecule has 0 aliphatic rings. The summed E-state index contributed by atoms with van der Waals surface area (Å²) in [7, 11) is 0. The second kappa shape index (κ2) is 6.26. The molecule has 1 N–H and O–H groups in total. The number of nitrogens with one attached hydrogen (secondary N) is 1. The topological polar surface area (TPSA) is 55.6 Å². The lowest BCUT2D eigenvalue weighted by molar-refractivity contribution is 0.582. The molecule has 0 saturated carbocycles. The fourth-order valence-corrected chi connectivity index (χ4v) is 1.84. The summed E-state index contributed by atoms with van der Waals surface area (Å²) < 4.78 is 1.92. The number of hydrogen-bond acceptors (Lipinski definition) is 4. The molecular formula is C13H19N5. The number of aryl methyl sites for hydroxylation is 1. The molecule has 2 rings (SSSR count). The Kier molecular flexibility index (Phi) is 4.41. The van der Waals surface area contributed by atoms with Gasteiger partial charge < -0.3 is 5.32 Å². The van der Waals surface area contributed by atoms with E-state index in [0.717, 1.165) is 30.8 Å². The summed E-state index contributed by atoms with van der Waals surface area (Å²) in [5.41, 5.74) is 2.06. The maximum absolute atomic E-state index is 4.38. The molecule has 0 fully saturated rings. The standard InChI is InChI=1S/C13H19N5/c1-3-5-16-13(12-9-14-6-7-15-12)11-8-17-18(4-2)10-11/h6-10,13,16H,3-5H2,1-2H3. The van der Waals surface area contributed by atoms with Crippen molar-refractivity contribution in [2.24, 2.45) is 0 Å². The van der Waals surface area contributed by atoms with Crippen LogP contribution in [0.5, 0.6) is 0 Å². The Labute approximate surface area is 107 Å². The van der Waals surface area contributed by atoms with E-state index in [1.165, 1.54) is 0 Å². The first-order valence-electron chi connectivity index (χ1n) is 6.36. The van der Waals surface area contributed by atoms with Crippen molar-refractivity contribution in [3.8, 4) is 0 Å². The summed E-state index contributed by atoms with van der Waals surface area (Å²) in [5, 5.41) is 7.80. The summed E-state index contributed by atoms with van der Waals surface area (Å²) in [6, 6.07) is 0.0685. The Morgan fingerprint density at radius 2 is 2.17 bits per heavy atom. The average molecular weight is 245 g/mol. The van der Waals surface area contributed by atoms with E-state index in [2.05, 4.69) is 40.4 Å². The van der Waals surface area contributed by atoms with Crippen LogP contribution in [0, 0.1) is 0 Å². The highest BCUT2D eigenvalue weighted by Gasteiger charge is 2.16. The van der Waals surface area contributed by atoms with E-state index in [1.54, 1.807) is 18.6 Å². The minimum atomic E-state index is 0.0685. The molecule has 5 nitrogen and oxygen atoms in total. The third-order valence-corrected chi connectivity index (χ3v) is 2.79. The van der Waals surface area contributed by atoms with Gasteiger partial charge in [-0.3, -0.25) is 14.6 Å². The summed E-state index contributed by atoms with van der Waals surface area (Å²) in [6.07, 6.45) is 10.2. The van der Waals surface area contributed by atoms with Crippen LogP contribution in [0.3, 0.4) is 0 Å². The van der Waals surface area contributed by atoms with Gasteiger partial charge in [0.05, 0.1) is 24.1 Å². The van der Waals surface area contributed by atoms with Crippen molar-refractivity contribution in [2.45, 2.75) is 32.9 Å². The first-order valence-corrected chi connectivity index (χ1v) is 6.36. The summed E-state index contributed by atoms with van der Waals surface area (Å²) in [6.45, 7) is 6.04. The van der Waals surface area contributed by atoms with Gasteiger partial charge in [0.1, 0.15) is 0 Å². The summed E-state index contributed by atoms with van der Waals surface area (Å²) in [5.74, 6) is 0. The van der Waals surface area contributed by atoms with Crippen molar-refractivity contribution in [3.05, 3.63) is 42.2 Å². The number of nitrogens with zero attached hydrogens (tertiary/aromatic N) is 4. The molecule has 0 aliphatic carbocycles. The zero-order valence-corrected chi connectivity index (χ0v) is 10.9. The van der Waals surface area contributed by atoms with E-state index in [9.17, 15) is 0 Å². The van der Waals surface area contributed by atoms with Crippen molar-refractivity contribution < 1.29 is 0 Å². The van der Waals surface area contributed by atoms with Crippen LogP contribution in [0.1, 0.15) is 37.6 Å². The van der Waals surface area contributed by atoms with E-state index >= 15 is 0 Å². The van der Waals surface area contributed by atoms with Crippen LogP contribution in [0.4, 0.5) is 0 Å². The molecule has 5 heteroatoms. The Balaban J connectivity index is 2.24. The zero-order chi connectivity index (χ0) is 12.8. The minimum absolute atomic E-state index is 0.0685. The van der Waals surface area contributed by atoms with Crippen LogP contribution in [-0.4, -0.2) is 26.3 Å². The van der Waals surface area contributed by atoms with Crippen molar-refractivity contribution in [1.82, 2.24) is 25.1 Å². The molecule has 0 aromatic carbocycles. The van der Waals surface area contributed by atoms with Gasteiger partial charge in [0.15, 0.2) is 0 Å². The quantitative estimate of drug-likeness (QED) is 0.843. The normalized spacial score (nSPS) is 12.6. The van der Waals surface area contributed by atoms with Crippen LogP contribution >= 0.6 is 0 Å². The number of aromatic nitrogens is 4. The van der Waals surface area contributed by atoms with Crippen LogP contribution in [0.25, 0.3) is 0 Å². The Bertz CT molecular complexity index is 465. The van der Waals surface area contributed by atoms with E-state index in [0.29, 0.717) is 0 Å². The predicted molar refractivity (Wildman–Crippen MR) is 70.1 cm³/mol. The molecule has 0 spiro atoms. The Morgan fingerprint density at radius 1 is 1.28 bits per heavy atom. The van der Waals surface area contributed by atoms with Crippen LogP contribution in [-0.2, 0) is 6.54 Å². The fourth-order valence-electron chi connectivity index (χ4n) is 1.84. The van der Waals surface area contributed by atoms with Crippen LogP contribution < -0.4 is 5.32 Å². The van der Waals surface area contributed by atoms with E-state index in [4.69, 9.17) is 0 Å². The maximum atomic E-state index is 4.38. The molecule has 0 amide bonds. The van der Waals surface area contributed by atoms with E-state index in [1.807, 2.05) is 10.9 Å². The summed E-state index contributed by atoms with van der Waals surface area (Å²) in [4.78, 5) is 8.52. The van der Waals surface area contributed by atoms with Gasteiger partial charge in [-0.05, 0) is 19.9 Å². The third kappa shape index (κ3) is 2.92. The van der Waals surface area contributed by atoms with Crippen LogP contribution in [0.15, 0.2) is 31.0 Å². The second-order valence-corrected chi connectivity index (χ2v) is 4.15. The molecule has 1 unspecified atom stereocenters. The second-order valence-electron chi connectivity index (χ2n) is 4.15. The van der Waals surface area contributed by atoms with Gasteiger partial charge in [-0.1, -0.05) is 6.92 Å². The zero-order valence-electron chi connectivity index (χ0n) is 10.9. The van der Waals surface area contributed by atoms with Crippen molar-refractivity contribution in [3.63, 3.8) is 0 Å². The Morgan fingerprint density at radius 3 is 2.78 bits per heavy atom. The fraction of sp³-hybridized carbons (Fsp3) is 0.462. The van der Waals surface area contributed by atoms with Gasteiger partial charge in [0.2, 0.25) is 0 Å². The SMILES string of the molecule is CCCNC(c1cnn(CC)c1)c1cnccn1. The predicted octanol–water partition coefficient (Wildman–Crippen LogP) is 1.78. The van der Waals surface area contributed by atoms with Crippen molar-refractivity contribution >= 4 is 0 Å². The molecule has 2 aromatic heterocycles. The number of rotatable bonds is 6. The first kappa shape index (κ1) is 12.7. The maximum Gasteiger partial charge on any atom is 0.0802 e. The highest BCUT2D eigenvalue weighted by atomic mass is 15.3. The molecule has 2 heterocycles. The summed E-state index contributed by atoms with van der Waals surface area (Å²) >= 11 is 0. The van der Waals surface area contributed by atoms with Gasteiger partial charge in [-0.25, -0.2) is 0 Å².